The number of rotatable bonds is 9. The van der Waals surface area contributed by atoms with Crippen LogP contribution in [0.4, 0.5) is 0 Å². The summed E-state index contributed by atoms with van der Waals surface area (Å²) in [7, 11) is 0. The molecule has 0 saturated carbocycles. The van der Waals surface area contributed by atoms with E-state index in [0.29, 0.717) is 18.9 Å². The normalized spacial score (nSPS) is 16.7. The summed E-state index contributed by atoms with van der Waals surface area (Å²) in [5.74, 6) is 1.79. The minimum absolute atomic E-state index is 0. The van der Waals surface area contributed by atoms with Crippen LogP contribution in [0, 0.1) is 12.8 Å². The van der Waals surface area contributed by atoms with E-state index in [-0.39, 0.29) is 18.3 Å². The predicted octanol–water partition coefficient (Wildman–Crippen LogP) is 3.08. The van der Waals surface area contributed by atoms with E-state index >= 15 is 0 Å². The second-order valence-electron chi connectivity index (χ2n) is 6.12. The number of hydrogen-bond donors (Lipinski definition) is 2. The summed E-state index contributed by atoms with van der Waals surface area (Å²) < 4.78 is 5.66. The Morgan fingerprint density at radius 1 is 1.30 bits per heavy atom. The molecule has 1 aliphatic heterocycles. The van der Waals surface area contributed by atoms with Gasteiger partial charge in [0, 0.05) is 13.0 Å². The highest BCUT2D eigenvalue weighted by Crippen LogP contribution is 2.14. The summed E-state index contributed by atoms with van der Waals surface area (Å²) in [6.07, 6.45) is 4.80. The Labute approximate surface area is 145 Å². The molecule has 1 aromatic rings. The summed E-state index contributed by atoms with van der Waals surface area (Å²) in [4.78, 5) is 11.7. The quantitative estimate of drug-likeness (QED) is 0.679. The molecule has 0 radical (unpaired) electrons. The van der Waals surface area contributed by atoms with Crippen molar-refractivity contribution in [3.63, 3.8) is 0 Å². The fourth-order valence-electron chi connectivity index (χ4n) is 2.66. The van der Waals surface area contributed by atoms with Gasteiger partial charge in [-0.05, 0) is 63.7 Å². The van der Waals surface area contributed by atoms with Gasteiger partial charge in [0.1, 0.15) is 5.75 Å². The number of benzene rings is 1. The summed E-state index contributed by atoms with van der Waals surface area (Å²) in [5, 5.41) is 6.33. The summed E-state index contributed by atoms with van der Waals surface area (Å²) in [5.41, 5.74) is 1.24. The molecule has 130 valence electrons. The van der Waals surface area contributed by atoms with E-state index in [2.05, 4.69) is 29.7 Å². The first-order valence-electron chi connectivity index (χ1n) is 8.41. The molecule has 1 amide bonds. The first-order valence-corrected chi connectivity index (χ1v) is 8.41. The fourth-order valence-corrected chi connectivity index (χ4v) is 2.66. The van der Waals surface area contributed by atoms with Crippen LogP contribution in [0.1, 0.15) is 37.7 Å². The van der Waals surface area contributed by atoms with Gasteiger partial charge in [0.25, 0.3) is 0 Å². The van der Waals surface area contributed by atoms with Crippen molar-refractivity contribution in [2.24, 2.45) is 5.92 Å². The van der Waals surface area contributed by atoms with Crippen LogP contribution >= 0.6 is 12.4 Å². The Kier molecular flexibility index (Phi) is 9.72. The first kappa shape index (κ1) is 19.8. The van der Waals surface area contributed by atoms with Gasteiger partial charge in [-0.25, -0.2) is 0 Å². The SMILES string of the molecule is Cc1ccc(OCCCCNC(=O)CCC2CCNC2)cc1.Cl. The van der Waals surface area contributed by atoms with Gasteiger partial charge >= 0.3 is 0 Å². The molecular formula is C18H29ClN2O2. The van der Waals surface area contributed by atoms with Crippen LogP contribution < -0.4 is 15.4 Å². The number of carbonyl (C=O) groups excluding carboxylic acids is 1. The van der Waals surface area contributed by atoms with E-state index in [9.17, 15) is 4.79 Å². The molecular weight excluding hydrogens is 312 g/mol. The van der Waals surface area contributed by atoms with E-state index in [1.807, 2.05) is 12.1 Å². The van der Waals surface area contributed by atoms with E-state index in [1.54, 1.807) is 0 Å². The molecule has 1 aliphatic rings. The van der Waals surface area contributed by atoms with Gasteiger partial charge in [0.2, 0.25) is 5.91 Å². The summed E-state index contributed by atoms with van der Waals surface area (Å²) in [6.45, 7) is 5.69. The standard InChI is InChI=1S/C18H28N2O2.ClH/c1-15-4-7-17(8-5-15)22-13-3-2-11-20-18(21)9-6-16-10-12-19-14-16;/h4-5,7-8,16,19H,2-3,6,9-14H2,1H3,(H,20,21);1H. The number of carbonyl (C=O) groups is 1. The lowest BCUT2D eigenvalue weighted by atomic mass is 10.0. The van der Waals surface area contributed by atoms with Gasteiger partial charge in [-0.2, -0.15) is 0 Å². The average Bonchev–Trinajstić information content (AvgIpc) is 3.04. The third-order valence-electron chi connectivity index (χ3n) is 4.13. The van der Waals surface area contributed by atoms with Crippen LogP contribution in [0.3, 0.4) is 0 Å². The van der Waals surface area contributed by atoms with Crippen molar-refractivity contribution in [2.45, 2.75) is 39.0 Å². The summed E-state index contributed by atoms with van der Waals surface area (Å²) in [6, 6.07) is 8.09. The highest BCUT2D eigenvalue weighted by Gasteiger charge is 2.15. The largest absolute Gasteiger partial charge is 0.494 e. The third kappa shape index (κ3) is 8.24. The highest BCUT2D eigenvalue weighted by atomic mass is 35.5. The fraction of sp³-hybridized carbons (Fsp3) is 0.611. The van der Waals surface area contributed by atoms with Crippen LogP contribution in [-0.2, 0) is 4.79 Å². The number of unbranched alkanes of at least 4 members (excludes halogenated alkanes) is 1. The second kappa shape index (κ2) is 11.3. The first-order chi connectivity index (χ1) is 10.7. The lowest BCUT2D eigenvalue weighted by molar-refractivity contribution is -0.121. The lowest BCUT2D eigenvalue weighted by Crippen LogP contribution is -2.25. The molecule has 0 aromatic heterocycles. The molecule has 2 N–H and O–H groups in total. The monoisotopic (exact) mass is 340 g/mol. The smallest absolute Gasteiger partial charge is 0.220 e. The topological polar surface area (TPSA) is 50.4 Å². The van der Waals surface area contributed by atoms with Gasteiger partial charge in [-0.15, -0.1) is 12.4 Å². The van der Waals surface area contributed by atoms with Gasteiger partial charge in [0.05, 0.1) is 6.61 Å². The average molecular weight is 341 g/mol. The van der Waals surface area contributed by atoms with Crippen LogP contribution in [0.2, 0.25) is 0 Å². The van der Waals surface area contributed by atoms with Gasteiger partial charge in [0.15, 0.2) is 0 Å². The number of aryl methyl sites for hydroxylation is 1. The number of nitrogens with one attached hydrogen (secondary N) is 2. The Morgan fingerprint density at radius 2 is 2.09 bits per heavy atom. The Hall–Kier alpha value is -1.26. The van der Waals surface area contributed by atoms with Crippen molar-refractivity contribution in [2.75, 3.05) is 26.2 Å². The zero-order valence-electron chi connectivity index (χ0n) is 14.0. The predicted molar refractivity (Wildman–Crippen MR) is 96.4 cm³/mol. The maximum atomic E-state index is 11.7. The van der Waals surface area contributed by atoms with Crippen molar-refractivity contribution in [3.8, 4) is 5.75 Å². The van der Waals surface area contributed by atoms with Crippen molar-refractivity contribution in [3.05, 3.63) is 29.8 Å². The van der Waals surface area contributed by atoms with Crippen LogP contribution in [0.5, 0.6) is 5.75 Å². The number of ether oxygens (including phenoxy) is 1. The van der Waals surface area contributed by atoms with Gasteiger partial charge in [-0.3, -0.25) is 4.79 Å². The minimum Gasteiger partial charge on any atom is -0.494 e. The van der Waals surface area contributed by atoms with Crippen molar-refractivity contribution in [1.82, 2.24) is 10.6 Å². The lowest BCUT2D eigenvalue weighted by Gasteiger charge is -2.09. The number of halogens is 1. The molecule has 23 heavy (non-hydrogen) atoms. The Bertz CT molecular complexity index is 445. The highest BCUT2D eigenvalue weighted by molar-refractivity contribution is 5.85. The Balaban J connectivity index is 0.00000264. The maximum Gasteiger partial charge on any atom is 0.220 e. The zero-order chi connectivity index (χ0) is 15.6. The molecule has 1 saturated heterocycles. The molecule has 0 bridgehead atoms. The summed E-state index contributed by atoms with van der Waals surface area (Å²) >= 11 is 0. The van der Waals surface area contributed by atoms with Gasteiger partial charge in [-0.1, -0.05) is 17.7 Å². The van der Waals surface area contributed by atoms with Crippen LogP contribution in [0.15, 0.2) is 24.3 Å². The van der Waals surface area contributed by atoms with Crippen molar-refractivity contribution >= 4 is 18.3 Å². The van der Waals surface area contributed by atoms with Gasteiger partial charge < -0.3 is 15.4 Å². The molecule has 1 fully saturated rings. The molecule has 2 rings (SSSR count). The maximum absolute atomic E-state index is 11.7. The van der Waals surface area contributed by atoms with E-state index in [1.165, 1.54) is 12.0 Å². The van der Waals surface area contributed by atoms with Crippen molar-refractivity contribution < 1.29 is 9.53 Å². The molecule has 4 nitrogen and oxygen atoms in total. The second-order valence-corrected chi connectivity index (χ2v) is 6.12. The molecule has 5 heteroatoms. The number of amides is 1. The molecule has 0 spiro atoms. The molecule has 1 unspecified atom stereocenters. The van der Waals surface area contributed by atoms with Crippen LogP contribution in [-0.4, -0.2) is 32.1 Å². The zero-order valence-corrected chi connectivity index (χ0v) is 14.8. The van der Waals surface area contributed by atoms with E-state index in [4.69, 9.17) is 4.74 Å². The van der Waals surface area contributed by atoms with Crippen molar-refractivity contribution in [1.29, 1.82) is 0 Å². The third-order valence-corrected chi connectivity index (χ3v) is 4.13. The van der Waals surface area contributed by atoms with Crippen LogP contribution in [0.25, 0.3) is 0 Å². The molecule has 0 aliphatic carbocycles. The van der Waals surface area contributed by atoms with E-state index in [0.717, 1.165) is 44.6 Å². The number of hydrogen-bond acceptors (Lipinski definition) is 3. The molecule has 1 atom stereocenters. The Morgan fingerprint density at radius 3 is 2.78 bits per heavy atom. The van der Waals surface area contributed by atoms with E-state index < -0.39 is 0 Å². The minimum atomic E-state index is 0. The molecule has 1 aromatic carbocycles. The molecule has 1 heterocycles.